The van der Waals surface area contributed by atoms with Gasteiger partial charge in [0.2, 0.25) is 0 Å². The van der Waals surface area contributed by atoms with Crippen LogP contribution in [0.25, 0.3) is 0 Å². The average molecular weight is 239 g/mol. The summed E-state index contributed by atoms with van der Waals surface area (Å²) in [4.78, 5) is 20.9. The van der Waals surface area contributed by atoms with Crippen LogP contribution >= 0.6 is 12.6 Å². The van der Waals surface area contributed by atoms with Crippen molar-refractivity contribution in [2.24, 2.45) is 0 Å². The molecule has 0 saturated heterocycles. The van der Waals surface area contributed by atoms with Crippen LogP contribution in [0.4, 0.5) is 0 Å². The molecule has 0 aliphatic heterocycles. The Morgan fingerprint density at radius 1 is 1.00 bits per heavy atom. The molecule has 0 radical (unpaired) electrons. The van der Waals surface area contributed by atoms with Crippen LogP contribution in [-0.2, 0) is 19.1 Å². The van der Waals surface area contributed by atoms with Crippen molar-refractivity contribution in [1.82, 2.24) is 5.32 Å². The number of rotatable bonds is 4. The first-order valence-electron chi connectivity index (χ1n) is 4.49. The molecule has 0 amide bonds. The van der Waals surface area contributed by atoms with Gasteiger partial charge in [0.05, 0.1) is 27.3 Å². The third-order valence-electron chi connectivity index (χ3n) is 0.994. The van der Waals surface area contributed by atoms with Gasteiger partial charge < -0.3 is 9.47 Å². The minimum atomic E-state index is -0.408. The summed E-state index contributed by atoms with van der Waals surface area (Å²) in [6, 6.07) is 0. The van der Waals surface area contributed by atoms with Crippen LogP contribution in [0, 0.1) is 0 Å². The van der Waals surface area contributed by atoms with E-state index in [0.29, 0.717) is 0 Å². The summed E-state index contributed by atoms with van der Waals surface area (Å²) >= 11 is 3.53. The lowest BCUT2D eigenvalue weighted by Gasteiger charge is -2.00. The maximum atomic E-state index is 10.4. The molecule has 0 aliphatic carbocycles. The lowest BCUT2D eigenvalue weighted by atomic mass is 10.6. The molecule has 15 heavy (non-hydrogen) atoms. The van der Waals surface area contributed by atoms with E-state index in [1.165, 1.54) is 14.2 Å². The lowest BCUT2D eigenvalue weighted by molar-refractivity contribution is -0.141. The van der Waals surface area contributed by atoms with Gasteiger partial charge in [-0.3, -0.25) is 14.9 Å². The Morgan fingerprint density at radius 2 is 1.27 bits per heavy atom. The number of methoxy groups -OCH3 is 2. The molecule has 1 N–H and O–H groups in total. The van der Waals surface area contributed by atoms with Crippen molar-refractivity contribution in [3.8, 4) is 0 Å². The minimum absolute atomic E-state index is 0.0194. The van der Waals surface area contributed by atoms with Crippen LogP contribution in [0.2, 0.25) is 0 Å². The van der Waals surface area contributed by atoms with Crippen molar-refractivity contribution in [3.63, 3.8) is 0 Å². The highest BCUT2D eigenvalue weighted by molar-refractivity contribution is 7.79. The molecule has 0 bridgehead atoms. The number of carbonyl (C=O) groups is 2. The van der Waals surface area contributed by atoms with Gasteiger partial charge in [-0.05, 0) is 6.26 Å². The first-order chi connectivity index (χ1) is 7.20. The number of thiol groups is 1. The molecule has 0 atom stereocenters. The quantitative estimate of drug-likeness (QED) is 0.552. The van der Waals surface area contributed by atoms with Gasteiger partial charge in [0, 0.05) is 0 Å². The van der Waals surface area contributed by atoms with E-state index in [9.17, 15) is 9.59 Å². The second-order valence-electron chi connectivity index (χ2n) is 1.76. The molecule has 0 spiro atoms. The third-order valence-corrected chi connectivity index (χ3v) is 0.994. The van der Waals surface area contributed by atoms with Crippen molar-refractivity contribution in [2.45, 2.75) is 13.8 Å². The minimum Gasteiger partial charge on any atom is -0.468 e. The Labute approximate surface area is 96.9 Å². The van der Waals surface area contributed by atoms with E-state index in [1.807, 2.05) is 13.8 Å². The predicted octanol–water partition coefficient (Wildman–Crippen LogP) is 0.494. The van der Waals surface area contributed by atoms with E-state index in [-0.39, 0.29) is 13.1 Å². The zero-order valence-corrected chi connectivity index (χ0v) is 10.9. The molecule has 0 saturated carbocycles. The van der Waals surface area contributed by atoms with Crippen LogP contribution in [0.5, 0.6) is 0 Å². The number of ether oxygens (including phenoxy) is 2. The molecular formula is C9H21NO4S. The Hall–Kier alpha value is -0.750. The highest BCUT2D eigenvalue weighted by atomic mass is 32.1. The summed E-state index contributed by atoms with van der Waals surface area (Å²) < 4.78 is 8.62. The number of nitrogens with one attached hydrogen (secondary N) is 1. The van der Waals surface area contributed by atoms with Crippen molar-refractivity contribution >= 4 is 24.6 Å². The summed E-state index contributed by atoms with van der Waals surface area (Å²) in [5.41, 5.74) is 0. The Balaban J connectivity index is -0.000000318. The molecule has 0 aromatic carbocycles. The Morgan fingerprint density at radius 3 is 1.47 bits per heavy atom. The summed E-state index contributed by atoms with van der Waals surface area (Å²) in [6.45, 7) is 4.04. The van der Waals surface area contributed by atoms with Gasteiger partial charge in [0.1, 0.15) is 0 Å². The molecule has 0 aromatic rings. The number of esters is 2. The highest BCUT2D eigenvalue weighted by Crippen LogP contribution is 1.72. The second kappa shape index (κ2) is 18.9. The van der Waals surface area contributed by atoms with Crippen molar-refractivity contribution in [1.29, 1.82) is 0 Å². The highest BCUT2D eigenvalue weighted by Gasteiger charge is 2.01. The molecule has 0 aliphatic rings. The van der Waals surface area contributed by atoms with E-state index in [0.717, 1.165) is 0 Å². The largest absolute Gasteiger partial charge is 0.468 e. The first-order valence-corrected chi connectivity index (χ1v) is 5.39. The standard InChI is InChI=1S/C6H11NO4.C2H6.CH4S/c1-10-5(8)3-7-4-6(9)11-2;2*1-2/h7H,3-4H2,1-2H3;1-2H3;2H,1H3. The average Bonchev–Trinajstić information content (AvgIpc) is 2.33. The van der Waals surface area contributed by atoms with E-state index in [2.05, 4.69) is 27.4 Å². The van der Waals surface area contributed by atoms with Crippen LogP contribution in [0.1, 0.15) is 13.8 Å². The van der Waals surface area contributed by atoms with Gasteiger partial charge in [0.25, 0.3) is 0 Å². The number of hydrogen-bond donors (Lipinski definition) is 2. The predicted molar refractivity (Wildman–Crippen MR) is 63.2 cm³/mol. The zero-order chi connectivity index (χ0) is 12.7. The normalized spacial score (nSPS) is 7.33. The van der Waals surface area contributed by atoms with Gasteiger partial charge in [0.15, 0.2) is 0 Å². The zero-order valence-electron chi connectivity index (χ0n) is 9.99. The van der Waals surface area contributed by atoms with Crippen LogP contribution in [-0.4, -0.2) is 45.5 Å². The maximum Gasteiger partial charge on any atom is 0.319 e. The smallest absolute Gasteiger partial charge is 0.319 e. The first kappa shape index (κ1) is 19.8. The topological polar surface area (TPSA) is 64.6 Å². The van der Waals surface area contributed by atoms with Crippen LogP contribution in [0.3, 0.4) is 0 Å². The molecule has 0 fully saturated rings. The molecule has 92 valence electrons. The fraction of sp³-hybridized carbons (Fsp3) is 0.778. The van der Waals surface area contributed by atoms with Gasteiger partial charge in [-0.25, -0.2) is 0 Å². The third kappa shape index (κ3) is 19.6. The number of hydrogen-bond acceptors (Lipinski definition) is 6. The van der Waals surface area contributed by atoms with Gasteiger partial charge in [-0.1, -0.05) is 13.8 Å². The molecule has 0 aromatic heterocycles. The maximum absolute atomic E-state index is 10.4. The van der Waals surface area contributed by atoms with E-state index >= 15 is 0 Å². The fourth-order valence-corrected chi connectivity index (χ4v) is 0.411. The summed E-state index contributed by atoms with van der Waals surface area (Å²) in [5.74, 6) is -0.817. The molecule has 0 heterocycles. The second-order valence-corrected chi connectivity index (χ2v) is 1.76. The summed E-state index contributed by atoms with van der Waals surface area (Å²) in [6.07, 6.45) is 1.69. The Kier molecular flexibility index (Phi) is 24.9. The summed E-state index contributed by atoms with van der Waals surface area (Å²) in [5, 5.41) is 2.54. The van der Waals surface area contributed by atoms with Crippen molar-refractivity contribution in [3.05, 3.63) is 0 Å². The number of carbonyl (C=O) groups excluding carboxylic acids is 2. The molecule has 5 nitrogen and oxygen atoms in total. The van der Waals surface area contributed by atoms with Crippen LogP contribution in [0.15, 0.2) is 0 Å². The Bertz CT molecular complexity index is 137. The SMILES string of the molecule is CC.COC(=O)CNCC(=O)OC.CS. The van der Waals surface area contributed by atoms with Gasteiger partial charge >= 0.3 is 11.9 Å². The van der Waals surface area contributed by atoms with Crippen molar-refractivity contribution in [2.75, 3.05) is 33.6 Å². The molecular weight excluding hydrogens is 218 g/mol. The molecule has 6 heteroatoms. The lowest BCUT2D eigenvalue weighted by Crippen LogP contribution is -2.29. The van der Waals surface area contributed by atoms with Gasteiger partial charge in [-0.15, -0.1) is 0 Å². The fourth-order valence-electron chi connectivity index (χ4n) is 0.411. The van der Waals surface area contributed by atoms with Crippen LogP contribution < -0.4 is 5.32 Å². The molecule has 0 rings (SSSR count). The van der Waals surface area contributed by atoms with E-state index in [1.54, 1.807) is 6.26 Å². The van der Waals surface area contributed by atoms with E-state index < -0.39 is 11.9 Å². The monoisotopic (exact) mass is 239 g/mol. The summed E-state index contributed by atoms with van der Waals surface area (Å²) in [7, 11) is 2.56. The van der Waals surface area contributed by atoms with Gasteiger partial charge in [-0.2, -0.15) is 12.6 Å². The van der Waals surface area contributed by atoms with E-state index in [4.69, 9.17) is 0 Å². The van der Waals surface area contributed by atoms with Crippen molar-refractivity contribution < 1.29 is 19.1 Å². The molecule has 0 unspecified atom stereocenters.